The smallest absolute Gasteiger partial charge is 0.0634 e. The van der Waals surface area contributed by atoms with E-state index in [9.17, 15) is 0 Å². The number of nitrogens with one attached hydrogen (secondary N) is 1. The third-order valence-electron chi connectivity index (χ3n) is 2.92. The van der Waals surface area contributed by atoms with Gasteiger partial charge in [-0.2, -0.15) is 0 Å². The van der Waals surface area contributed by atoms with Gasteiger partial charge in [-0.25, -0.2) is 0 Å². The van der Waals surface area contributed by atoms with Crippen LogP contribution in [0.3, 0.4) is 0 Å². The normalized spacial score (nSPS) is 45.8. The lowest BCUT2D eigenvalue weighted by Crippen LogP contribution is -2.41. The van der Waals surface area contributed by atoms with Gasteiger partial charge in [0.2, 0.25) is 0 Å². The molecule has 0 saturated carbocycles. The van der Waals surface area contributed by atoms with E-state index >= 15 is 0 Å². The van der Waals surface area contributed by atoms with Crippen molar-refractivity contribution in [2.45, 2.75) is 28.8 Å². The summed E-state index contributed by atoms with van der Waals surface area (Å²) in [6.07, 6.45) is 4.10. The van der Waals surface area contributed by atoms with Crippen molar-refractivity contribution in [2.75, 3.05) is 20.1 Å². The highest BCUT2D eigenvalue weighted by Gasteiger charge is 2.42. The van der Waals surface area contributed by atoms with E-state index < -0.39 is 0 Å². The molecule has 0 aromatic rings. The summed E-state index contributed by atoms with van der Waals surface area (Å²) in [6.45, 7) is 2.48. The van der Waals surface area contributed by atoms with Crippen LogP contribution in [0.2, 0.25) is 0 Å². The Morgan fingerprint density at radius 1 is 1.64 bits per heavy atom. The highest BCUT2D eigenvalue weighted by molar-refractivity contribution is 14.1. The van der Waals surface area contributed by atoms with Crippen LogP contribution < -0.4 is 5.32 Å². The van der Waals surface area contributed by atoms with Gasteiger partial charge in [0.05, 0.1) is 4.05 Å². The molecule has 1 N–H and O–H groups in total. The van der Waals surface area contributed by atoms with Crippen LogP contribution in [0.5, 0.6) is 0 Å². The summed E-state index contributed by atoms with van der Waals surface area (Å²) >= 11 is 2.54. The Balaban J connectivity index is 2.06. The summed E-state index contributed by atoms with van der Waals surface area (Å²) in [5.41, 5.74) is 0.501. The van der Waals surface area contributed by atoms with E-state index in [1.54, 1.807) is 0 Å². The fraction of sp³-hybridized carbons (Fsp3) is 1.00. The maximum atomic E-state index is 3.65. The highest BCUT2D eigenvalue weighted by Crippen LogP contribution is 2.35. The first-order valence-corrected chi connectivity index (χ1v) is 5.56. The molecule has 2 nitrogen and oxygen atoms in total. The summed E-state index contributed by atoms with van der Waals surface area (Å²) in [5.74, 6) is 0. The van der Waals surface area contributed by atoms with Crippen molar-refractivity contribution in [3.8, 4) is 0 Å². The van der Waals surface area contributed by atoms with Crippen molar-refractivity contribution >= 4 is 22.6 Å². The number of hydrogen-bond donors (Lipinski definition) is 1. The van der Waals surface area contributed by atoms with E-state index in [1.165, 1.54) is 32.4 Å². The van der Waals surface area contributed by atoms with Crippen molar-refractivity contribution in [2.24, 2.45) is 0 Å². The van der Waals surface area contributed by atoms with Gasteiger partial charge < -0.3 is 5.32 Å². The lowest BCUT2D eigenvalue weighted by atomic mass is 9.97. The third-order valence-corrected chi connectivity index (χ3v) is 4.31. The Morgan fingerprint density at radius 3 is 2.91 bits per heavy atom. The molecule has 0 aliphatic carbocycles. The zero-order valence-corrected chi connectivity index (χ0v) is 9.10. The lowest BCUT2D eigenvalue weighted by molar-refractivity contribution is 0.341. The van der Waals surface area contributed by atoms with Gasteiger partial charge in [0.1, 0.15) is 0 Å². The van der Waals surface area contributed by atoms with Crippen LogP contribution in [-0.2, 0) is 0 Å². The van der Waals surface area contributed by atoms with Gasteiger partial charge >= 0.3 is 0 Å². The maximum absolute atomic E-state index is 3.65. The van der Waals surface area contributed by atoms with Crippen LogP contribution in [-0.4, -0.2) is 34.6 Å². The summed E-state index contributed by atoms with van der Waals surface area (Å²) in [7, 11) is 2.23. The number of hydrogen-bond acceptors (Lipinski definition) is 2. The van der Waals surface area contributed by atoms with E-state index in [-0.39, 0.29) is 0 Å². The molecule has 64 valence electrons. The Labute approximate surface area is 81.9 Å². The van der Waals surface area contributed by atoms with Gasteiger partial charge in [0, 0.05) is 12.1 Å². The number of likely N-dealkylation sites (N-methyl/N-ethyl adjacent to an activating group) is 1. The zero-order valence-electron chi connectivity index (χ0n) is 6.94. The zero-order chi connectivity index (χ0) is 7.90. The van der Waals surface area contributed by atoms with Crippen molar-refractivity contribution in [3.63, 3.8) is 0 Å². The predicted octanol–water partition coefficient (Wildman–Crippen LogP) is 1.21. The Kier molecular flexibility index (Phi) is 2.14. The van der Waals surface area contributed by atoms with Gasteiger partial charge in [-0.05, 0) is 32.9 Å². The highest BCUT2D eigenvalue weighted by atomic mass is 127. The van der Waals surface area contributed by atoms with Crippen LogP contribution >= 0.6 is 22.6 Å². The minimum atomic E-state index is 0.501. The fourth-order valence-electron chi connectivity index (χ4n) is 2.30. The Bertz CT molecular complexity index is 142. The molecule has 11 heavy (non-hydrogen) atoms. The fourth-order valence-corrected chi connectivity index (χ4v) is 3.34. The molecule has 0 aromatic carbocycles. The minimum Gasteiger partial charge on any atom is -0.310 e. The van der Waals surface area contributed by atoms with Crippen LogP contribution in [0.4, 0.5) is 0 Å². The molecule has 2 aliphatic heterocycles. The molecule has 3 heteroatoms. The summed E-state index contributed by atoms with van der Waals surface area (Å²) in [6, 6.07) is 0. The minimum absolute atomic E-state index is 0.501. The topological polar surface area (TPSA) is 15.3 Å². The molecular weight excluding hydrogens is 251 g/mol. The average Bonchev–Trinajstić information content (AvgIpc) is 2.46. The van der Waals surface area contributed by atoms with E-state index in [0.717, 1.165) is 4.05 Å². The van der Waals surface area contributed by atoms with Gasteiger partial charge in [0.25, 0.3) is 0 Å². The van der Waals surface area contributed by atoms with Crippen LogP contribution in [0.1, 0.15) is 19.3 Å². The largest absolute Gasteiger partial charge is 0.310 e. The molecule has 2 unspecified atom stereocenters. The Hall–Kier alpha value is 0.650. The molecular formula is C8H15IN2. The van der Waals surface area contributed by atoms with Crippen LogP contribution in [0, 0.1) is 0 Å². The van der Waals surface area contributed by atoms with Crippen molar-refractivity contribution < 1.29 is 0 Å². The molecule has 1 spiro atoms. The summed E-state index contributed by atoms with van der Waals surface area (Å²) in [4.78, 5) is 2.46. The second-order valence-corrected chi connectivity index (χ2v) is 5.30. The van der Waals surface area contributed by atoms with Crippen molar-refractivity contribution in [3.05, 3.63) is 0 Å². The number of alkyl halides is 1. The predicted molar refractivity (Wildman–Crippen MR) is 55.0 cm³/mol. The van der Waals surface area contributed by atoms with Crippen molar-refractivity contribution in [1.82, 2.24) is 10.2 Å². The average molecular weight is 266 g/mol. The molecule has 2 rings (SSSR count). The molecule has 2 fully saturated rings. The standard InChI is InChI=1S/C8H15IN2/c1-11-6-8(5-7(11)9)3-2-4-10-8/h7,10H,2-6H2,1H3. The Morgan fingerprint density at radius 2 is 2.45 bits per heavy atom. The number of halogens is 1. The molecule has 0 amide bonds. The van der Waals surface area contributed by atoms with E-state index in [0.29, 0.717) is 5.54 Å². The van der Waals surface area contributed by atoms with Gasteiger partial charge in [-0.3, -0.25) is 4.90 Å². The summed E-state index contributed by atoms with van der Waals surface area (Å²) < 4.78 is 0.748. The second kappa shape index (κ2) is 2.85. The molecule has 2 atom stereocenters. The quantitative estimate of drug-likeness (QED) is 0.403. The van der Waals surface area contributed by atoms with E-state index in [2.05, 4.69) is 39.9 Å². The molecule has 0 aromatic heterocycles. The van der Waals surface area contributed by atoms with Gasteiger partial charge in [-0.15, -0.1) is 0 Å². The SMILES string of the molecule is CN1CC2(CCCN2)CC1I. The number of rotatable bonds is 0. The molecule has 2 heterocycles. The number of likely N-dealkylation sites (tertiary alicyclic amines) is 1. The van der Waals surface area contributed by atoms with E-state index in [4.69, 9.17) is 0 Å². The maximum Gasteiger partial charge on any atom is 0.0634 e. The first-order valence-electron chi connectivity index (χ1n) is 4.31. The first kappa shape index (κ1) is 8.26. The molecule has 0 bridgehead atoms. The first-order chi connectivity index (χ1) is 5.22. The van der Waals surface area contributed by atoms with E-state index in [1.807, 2.05) is 0 Å². The molecule has 2 aliphatic rings. The number of nitrogens with zero attached hydrogens (tertiary/aromatic N) is 1. The third kappa shape index (κ3) is 1.42. The van der Waals surface area contributed by atoms with Crippen molar-refractivity contribution in [1.29, 1.82) is 0 Å². The second-order valence-electron chi connectivity index (χ2n) is 3.86. The van der Waals surface area contributed by atoms with Crippen LogP contribution in [0.25, 0.3) is 0 Å². The molecule has 2 saturated heterocycles. The summed E-state index contributed by atoms with van der Waals surface area (Å²) in [5, 5.41) is 3.65. The van der Waals surface area contributed by atoms with Gasteiger partial charge in [0.15, 0.2) is 0 Å². The van der Waals surface area contributed by atoms with Gasteiger partial charge in [-0.1, -0.05) is 22.6 Å². The molecule has 0 radical (unpaired) electrons. The lowest BCUT2D eigenvalue weighted by Gasteiger charge is -2.22. The monoisotopic (exact) mass is 266 g/mol. The van der Waals surface area contributed by atoms with Crippen LogP contribution in [0.15, 0.2) is 0 Å².